The van der Waals surface area contributed by atoms with Gasteiger partial charge < -0.3 is 13.7 Å². The maximum Gasteiger partial charge on any atom is 0.290 e. The molecule has 6 nitrogen and oxygen atoms in total. The number of hydrogen-bond donors (Lipinski definition) is 0. The molecule has 0 aliphatic carbocycles. The zero-order valence-electron chi connectivity index (χ0n) is 18.4. The van der Waals surface area contributed by atoms with Crippen molar-refractivity contribution in [3.8, 4) is 0 Å². The number of benzene rings is 2. The molecule has 1 saturated heterocycles. The number of halogens is 1. The lowest BCUT2D eigenvalue weighted by Crippen LogP contribution is -2.39. The standard InChI is InChI=1S/C27H23ClN2O4/c28-18-8-5-7-17(15-18)24-23-25(31)19-9-1-2-10-21(19)34-26(23)27(32)30(24)16-20(22-11-6-14-33-22)29-12-3-4-13-29/h1-2,5-11,14-15,20,24H,3-4,12-13,16H2/t20-,24-/m0/s1. The Kier molecular flexibility index (Phi) is 5.27. The predicted molar refractivity (Wildman–Crippen MR) is 129 cm³/mol. The van der Waals surface area contributed by atoms with Crippen LogP contribution in [0.2, 0.25) is 5.02 Å². The summed E-state index contributed by atoms with van der Waals surface area (Å²) in [6.45, 7) is 2.23. The molecule has 4 heterocycles. The molecule has 172 valence electrons. The van der Waals surface area contributed by atoms with Crippen LogP contribution in [0.4, 0.5) is 0 Å². The van der Waals surface area contributed by atoms with Gasteiger partial charge in [0.05, 0.1) is 29.3 Å². The zero-order chi connectivity index (χ0) is 23.2. The Bertz CT molecular complexity index is 1420. The highest BCUT2D eigenvalue weighted by molar-refractivity contribution is 6.30. The molecule has 2 aromatic carbocycles. The van der Waals surface area contributed by atoms with Gasteiger partial charge in [0, 0.05) is 11.6 Å². The molecule has 0 bridgehead atoms. The van der Waals surface area contributed by atoms with Crippen LogP contribution in [0.25, 0.3) is 11.0 Å². The monoisotopic (exact) mass is 474 g/mol. The predicted octanol–water partition coefficient (Wildman–Crippen LogP) is 5.42. The van der Waals surface area contributed by atoms with Gasteiger partial charge in [0.1, 0.15) is 11.3 Å². The van der Waals surface area contributed by atoms with Crippen LogP contribution in [0, 0.1) is 0 Å². The van der Waals surface area contributed by atoms with Crippen molar-refractivity contribution in [2.24, 2.45) is 0 Å². The van der Waals surface area contributed by atoms with Crippen LogP contribution in [-0.2, 0) is 0 Å². The van der Waals surface area contributed by atoms with Gasteiger partial charge in [0.15, 0.2) is 5.43 Å². The second-order valence-corrected chi connectivity index (χ2v) is 9.30. The topological polar surface area (TPSA) is 66.9 Å². The summed E-state index contributed by atoms with van der Waals surface area (Å²) < 4.78 is 11.8. The van der Waals surface area contributed by atoms with Crippen LogP contribution in [0.15, 0.2) is 80.6 Å². The summed E-state index contributed by atoms with van der Waals surface area (Å²) in [4.78, 5) is 31.5. The summed E-state index contributed by atoms with van der Waals surface area (Å²) in [6, 6.07) is 17.5. The first-order chi connectivity index (χ1) is 16.6. The number of para-hydroxylation sites is 1. The molecule has 1 amide bonds. The van der Waals surface area contributed by atoms with E-state index in [1.807, 2.05) is 30.3 Å². The number of carbonyl (C=O) groups is 1. The molecule has 0 unspecified atom stereocenters. The normalized spacial score (nSPS) is 19.1. The van der Waals surface area contributed by atoms with Crippen molar-refractivity contribution >= 4 is 28.5 Å². The van der Waals surface area contributed by atoms with Crippen LogP contribution >= 0.6 is 11.6 Å². The van der Waals surface area contributed by atoms with E-state index in [4.69, 9.17) is 20.4 Å². The second-order valence-electron chi connectivity index (χ2n) is 8.86. The third-order valence-corrected chi connectivity index (χ3v) is 7.10. The lowest BCUT2D eigenvalue weighted by Gasteiger charge is -2.33. The van der Waals surface area contributed by atoms with Crippen LogP contribution in [-0.4, -0.2) is 35.3 Å². The SMILES string of the molecule is O=C1c2oc3ccccc3c(=O)c2[C@H](c2cccc(Cl)c2)N1C[C@@H](c1ccco1)N1CCCC1. The minimum absolute atomic E-state index is 0.105. The number of hydrogen-bond acceptors (Lipinski definition) is 5. The van der Waals surface area contributed by atoms with Crippen LogP contribution in [0.5, 0.6) is 0 Å². The van der Waals surface area contributed by atoms with E-state index in [9.17, 15) is 9.59 Å². The molecular weight excluding hydrogens is 452 g/mol. The van der Waals surface area contributed by atoms with Crippen LogP contribution in [0.1, 0.15) is 52.4 Å². The number of nitrogens with zero attached hydrogens (tertiary/aromatic N) is 2. The van der Waals surface area contributed by atoms with E-state index < -0.39 is 6.04 Å². The molecule has 7 heteroatoms. The van der Waals surface area contributed by atoms with E-state index in [2.05, 4.69) is 4.90 Å². The van der Waals surface area contributed by atoms with Gasteiger partial charge in [-0.05, 0) is 67.9 Å². The maximum atomic E-state index is 13.8. The molecule has 2 aliphatic heterocycles. The van der Waals surface area contributed by atoms with E-state index in [-0.39, 0.29) is 23.1 Å². The fraction of sp³-hybridized carbons (Fsp3) is 0.259. The summed E-state index contributed by atoms with van der Waals surface area (Å²) >= 11 is 6.33. The minimum atomic E-state index is -0.595. The van der Waals surface area contributed by atoms with Crippen LogP contribution < -0.4 is 5.43 Å². The highest BCUT2D eigenvalue weighted by Gasteiger charge is 2.44. The maximum absolute atomic E-state index is 13.8. The number of amides is 1. The molecule has 0 spiro atoms. The fourth-order valence-corrected chi connectivity index (χ4v) is 5.48. The van der Waals surface area contributed by atoms with Crippen molar-refractivity contribution in [2.45, 2.75) is 24.9 Å². The van der Waals surface area contributed by atoms with Crippen LogP contribution in [0.3, 0.4) is 0 Å². The highest BCUT2D eigenvalue weighted by atomic mass is 35.5. The fourth-order valence-electron chi connectivity index (χ4n) is 5.28. The van der Waals surface area contributed by atoms with E-state index >= 15 is 0 Å². The van der Waals surface area contributed by atoms with Gasteiger partial charge in [-0.15, -0.1) is 0 Å². The second kappa shape index (κ2) is 8.46. The molecule has 0 radical (unpaired) electrons. The van der Waals surface area contributed by atoms with Gasteiger partial charge in [-0.25, -0.2) is 0 Å². The third kappa shape index (κ3) is 3.45. The first-order valence-corrected chi connectivity index (χ1v) is 11.9. The molecule has 34 heavy (non-hydrogen) atoms. The lowest BCUT2D eigenvalue weighted by atomic mass is 9.98. The quantitative estimate of drug-likeness (QED) is 0.386. The number of rotatable bonds is 5. The molecule has 2 atom stereocenters. The lowest BCUT2D eigenvalue weighted by molar-refractivity contribution is 0.0644. The molecule has 2 aliphatic rings. The van der Waals surface area contributed by atoms with Gasteiger partial charge in [-0.3, -0.25) is 14.5 Å². The molecule has 6 rings (SSSR count). The molecule has 0 N–H and O–H groups in total. The third-order valence-electron chi connectivity index (χ3n) is 6.86. The van der Waals surface area contributed by atoms with Crippen molar-refractivity contribution in [3.05, 3.63) is 105 Å². The Balaban J connectivity index is 1.51. The van der Waals surface area contributed by atoms with Gasteiger partial charge in [0.25, 0.3) is 5.91 Å². The summed E-state index contributed by atoms with van der Waals surface area (Å²) in [5.74, 6) is 0.617. The Morgan fingerprint density at radius 1 is 1.00 bits per heavy atom. The van der Waals surface area contributed by atoms with Crippen molar-refractivity contribution in [2.75, 3.05) is 19.6 Å². The van der Waals surface area contributed by atoms with Crippen molar-refractivity contribution in [1.82, 2.24) is 9.80 Å². The Morgan fingerprint density at radius 2 is 1.82 bits per heavy atom. The number of furan rings is 1. The van der Waals surface area contributed by atoms with Gasteiger partial charge in [-0.2, -0.15) is 0 Å². The number of fused-ring (bicyclic) bond motifs is 2. The Hall–Kier alpha value is -3.35. The van der Waals surface area contributed by atoms with Gasteiger partial charge >= 0.3 is 0 Å². The number of likely N-dealkylation sites (tertiary alicyclic amines) is 1. The summed E-state index contributed by atoms with van der Waals surface area (Å²) in [7, 11) is 0. The summed E-state index contributed by atoms with van der Waals surface area (Å²) in [5, 5.41) is 1.01. The van der Waals surface area contributed by atoms with E-state index in [0.717, 1.165) is 37.3 Å². The molecule has 1 fully saturated rings. The van der Waals surface area contributed by atoms with E-state index in [1.54, 1.807) is 41.5 Å². The van der Waals surface area contributed by atoms with Crippen molar-refractivity contribution in [3.63, 3.8) is 0 Å². The Morgan fingerprint density at radius 3 is 2.59 bits per heavy atom. The molecule has 2 aromatic heterocycles. The number of carbonyl (C=O) groups excluding carboxylic acids is 1. The smallest absolute Gasteiger partial charge is 0.290 e. The van der Waals surface area contributed by atoms with E-state index in [0.29, 0.717) is 28.1 Å². The van der Waals surface area contributed by atoms with Crippen molar-refractivity contribution in [1.29, 1.82) is 0 Å². The molecule has 0 saturated carbocycles. The van der Waals surface area contributed by atoms with Crippen molar-refractivity contribution < 1.29 is 13.6 Å². The summed E-state index contributed by atoms with van der Waals surface area (Å²) in [5.41, 5.74) is 1.37. The highest BCUT2D eigenvalue weighted by Crippen LogP contribution is 2.41. The summed E-state index contributed by atoms with van der Waals surface area (Å²) in [6.07, 6.45) is 3.87. The van der Waals surface area contributed by atoms with E-state index in [1.165, 1.54) is 0 Å². The molecule has 4 aromatic rings. The van der Waals surface area contributed by atoms with Gasteiger partial charge in [0.2, 0.25) is 5.76 Å². The molecular formula is C27H23ClN2O4. The largest absolute Gasteiger partial charge is 0.468 e. The first kappa shape index (κ1) is 21.2. The minimum Gasteiger partial charge on any atom is -0.468 e. The first-order valence-electron chi connectivity index (χ1n) is 11.5. The zero-order valence-corrected chi connectivity index (χ0v) is 19.2. The average molecular weight is 475 g/mol. The Labute approximate surface area is 201 Å². The van der Waals surface area contributed by atoms with Gasteiger partial charge in [-0.1, -0.05) is 35.9 Å². The average Bonchev–Trinajstić information content (AvgIpc) is 3.60.